The summed E-state index contributed by atoms with van der Waals surface area (Å²) in [6.07, 6.45) is 0. The third-order valence-electron chi connectivity index (χ3n) is 9.99. The Labute approximate surface area is 275 Å². The van der Waals surface area contributed by atoms with Gasteiger partial charge in [-0.25, -0.2) is 0 Å². The first-order valence-corrected chi connectivity index (χ1v) is 16.4. The van der Waals surface area contributed by atoms with Gasteiger partial charge in [0.05, 0.1) is 16.7 Å². The summed E-state index contributed by atoms with van der Waals surface area (Å²) in [6.45, 7) is 4.71. The van der Waals surface area contributed by atoms with Gasteiger partial charge in [0.1, 0.15) is 0 Å². The smallest absolute Gasteiger partial charge is 0.0582 e. The Hall–Kier alpha value is -5.86. The zero-order valence-electron chi connectivity index (χ0n) is 26.6. The lowest BCUT2D eigenvalue weighted by atomic mass is 9.75. The second kappa shape index (κ2) is 10.6. The highest BCUT2D eigenvalue weighted by Gasteiger charge is 2.34. The van der Waals surface area contributed by atoms with E-state index in [-0.39, 0.29) is 5.41 Å². The maximum Gasteiger partial charge on any atom is 0.0582 e. The van der Waals surface area contributed by atoms with Crippen LogP contribution in [0.15, 0.2) is 170 Å². The number of para-hydroxylation sites is 2. The summed E-state index contributed by atoms with van der Waals surface area (Å²) in [7, 11) is 0. The molecule has 0 spiro atoms. The number of fused-ring (bicyclic) bond motifs is 5. The molecule has 0 fully saturated rings. The van der Waals surface area contributed by atoms with Crippen molar-refractivity contribution in [3.8, 4) is 27.9 Å². The second-order valence-electron chi connectivity index (χ2n) is 13.0. The number of hydrogen-bond acceptors (Lipinski definition) is 1. The molecule has 0 saturated carbocycles. The Balaban J connectivity index is 1.24. The maximum absolute atomic E-state index is 2.48. The fourth-order valence-corrected chi connectivity index (χ4v) is 7.61. The number of hydrogen-bond donors (Lipinski definition) is 0. The van der Waals surface area contributed by atoms with E-state index in [1.165, 1.54) is 60.9 Å². The van der Waals surface area contributed by atoms with E-state index < -0.39 is 0 Å². The zero-order chi connectivity index (χ0) is 31.5. The largest absolute Gasteiger partial charge is 0.310 e. The van der Waals surface area contributed by atoms with Crippen molar-refractivity contribution in [1.29, 1.82) is 0 Å². The van der Waals surface area contributed by atoms with Gasteiger partial charge in [-0.2, -0.15) is 0 Å². The maximum atomic E-state index is 2.48. The van der Waals surface area contributed by atoms with E-state index in [9.17, 15) is 0 Å². The van der Waals surface area contributed by atoms with Crippen molar-refractivity contribution >= 4 is 38.9 Å². The first-order valence-electron chi connectivity index (χ1n) is 16.4. The predicted octanol–water partition coefficient (Wildman–Crippen LogP) is 12.2. The van der Waals surface area contributed by atoms with E-state index in [1.54, 1.807) is 0 Å². The van der Waals surface area contributed by atoms with Gasteiger partial charge in [0, 0.05) is 33.2 Å². The standard InChI is InChI=1S/C45H34N2/c1-45(2)40-17-9-10-19-43(40)47-42-29-28-37(30-39(42)38-16-11-18-41(45)44(38)47)46(35-24-20-33(21-25-35)31-12-5-3-6-13-31)36-26-22-34(23-27-36)32-14-7-4-8-15-32/h3-30H,1-2H3. The average Bonchev–Trinajstić information content (AvgIpc) is 3.46. The van der Waals surface area contributed by atoms with Crippen LogP contribution in [0.1, 0.15) is 25.0 Å². The van der Waals surface area contributed by atoms with Crippen LogP contribution in [-0.4, -0.2) is 4.57 Å². The molecule has 47 heavy (non-hydrogen) atoms. The van der Waals surface area contributed by atoms with Crippen molar-refractivity contribution in [3.63, 3.8) is 0 Å². The predicted molar refractivity (Wildman–Crippen MR) is 198 cm³/mol. The fourth-order valence-electron chi connectivity index (χ4n) is 7.61. The molecule has 0 saturated heterocycles. The number of aromatic nitrogens is 1. The van der Waals surface area contributed by atoms with Crippen molar-refractivity contribution in [2.45, 2.75) is 19.3 Å². The highest BCUT2D eigenvalue weighted by molar-refractivity contribution is 6.12. The molecule has 1 aliphatic rings. The lowest BCUT2D eigenvalue weighted by Crippen LogP contribution is -2.26. The molecule has 0 atom stereocenters. The van der Waals surface area contributed by atoms with Gasteiger partial charge in [0.25, 0.3) is 0 Å². The number of anilines is 3. The molecule has 224 valence electrons. The molecule has 0 bridgehead atoms. The minimum Gasteiger partial charge on any atom is -0.310 e. The molecule has 0 aliphatic carbocycles. The monoisotopic (exact) mass is 602 g/mol. The summed E-state index contributed by atoms with van der Waals surface area (Å²) in [5.74, 6) is 0. The molecule has 9 rings (SSSR count). The molecule has 0 amide bonds. The first-order chi connectivity index (χ1) is 23.1. The minimum absolute atomic E-state index is 0.0870. The van der Waals surface area contributed by atoms with Crippen LogP contribution in [0.25, 0.3) is 49.7 Å². The number of benzene rings is 7. The third-order valence-corrected chi connectivity index (χ3v) is 9.99. The van der Waals surface area contributed by atoms with Gasteiger partial charge in [-0.1, -0.05) is 135 Å². The first kappa shape index (κ1) is 27.5. The summed E-state index contributed by atoms with van der Waals surface area (Å²) in [4.78, 5) is 2.38. The number of rotatable bonds is 5. The zero-order valence-corrected chi connectivity index (χ0v) is 26.6. The molecule has 2 heterocycles. The van der Waals surface area contributed by atoms with Crippen LogP contribution in [-0.2, 0) is 5.41 Å². The van der Waals surface area contributed by atoms with E-state index in [2.05, 4.69) is 193 Å². The Kier molecular flexibility index (Phi) is 6.20. The summed E-state index contributed by atoms with van der Waals surface area (Å²) in [6, 6.07) is 61.8. The lowest BCUT2D eigenvalue weighted by molar-refractivity contribution is 0.630. The molecule has 0 N–H and O–H groups in total. The SMILES string of the molecule is CC1(C)c2ccccc2-n2c3ccc(N(c4ccc(-c5ccccc5)cc4)c4ccc(-c5ccccc5)cc4)cc3c3cccc1c32. The molecule has 0 radical (unpaired) electrons. The third kappa shape index (κ3) is 4.33. The van der Waals surface area contributed by atoms with Crippen molar-refractivity contribution in [1.82, 2.24) is 4.57 Å². The van der Waals surface area contributed by atoms with E-state index >= 15 is 0 Å². The molecular formula is C45H34N2. The normalized spacial score (nSPS) is 13.1. The summed E-state index contributed by atoms with van der Waals surface area (Å²) < 4.78 is 2.48. The van der Waals surface area contributed by atoms with Crippen molar-refractivity contribution in [2.24, 2.45) is 0 Å². The van der Waals surface area contributed by atoms with Gasteiger partial charge in [0.2, 0.25) is 0 Å². The van der Waals surface area contributed by atoms with Crippen molar-refractivity contribution < 1.29 is 0 Å². The van der Waals surface area contributed by atoms with E-state index in [1.807, 2.05) is 0 Å². The molecular weight excluding hydrogens is 569 g/mol. The van der Waals surface area contributed by atoms with E-state index in [4.69, 9.17) is 0 Å². The van der Waals surface area contributed by atoms with Gasteiger partial charge in [-0.3, -0.25) is 0 Å². The molecule has 2 nitrogen and oxygen atoms in total. The van der Waals surface area contributed by atoms with E-state index in [0.29, 0.717) is 0 Å². The van der Waals surface area contributed by atoms with Gasteiger partial charge in [0.15, 0.2) is 0 Å². The van der Waals surface area contributed by atoms with Crippen LogP contribution in [0.2, 0.25) is 0 Å². The van der Waals surface area contributed by atoms with Crippen LogP contribution >= 0.6 is 0 Å². The Morgan fingerprint density at radius 3 is 1.55 bits per heavy atom. The highest BCUT2D eigenvalue weighted by Crippen LogP contribution is 2.48. The second-order valence-corrected chi connectivity index (χ2v) is 13.0. The van der Waals surface area contributed by atoms with Crippen LogP contribution in [0.4, 0.5) is 17.1 Å². The van der Waals surface area contributed by atoms with Gasteiger partial charge < -0.3 is 9.47 Å². The summed E-state index contributed by atoms with van der Waals surface area (Å²) >= 11 is 0. The summed E-state index contributed by atoms with van der Waals surface area (Å²) in [5.41, 5.74) is 14.7. The van der Waals surface area contributed by atoms with Crippen LogP contribution in [0.5, 0.6) is 0 Å². The molecule has 2 heteroatoms. The lowest BCUT2D eigenvalue weighted by Gasteiger charge is -2.34. The molecule has 8 aromatic rings. The van der Waals surface area contributed by atoms with Crippen LogP contribution in [0, 0.1) is 0 Å². The number of nitrogens with zero attached hydrogens (tertiary/aromatic N) is 2. The fraction of sp³-hybridized carbons (Fsp3) is 0.0667. The van der Waals surface area contributed by atoms with Gasteiger partial charge in [-0.15, -0.1) is 0 Å². The molecule has 1 aliphatic heterocycles. The van der Waals surface area contributed by atoms with Crippen LogP contribution < -0.4 is 4.90 Å². The molecule has 0 unspecified atom stereocenters. The molecule has 7 aromatic carbocycles. The quantitative estimate of drug-likeness (QED) is 0.190. The van der Waals surface area contributed by atoms with Crippen molar-refractivity contribution in [2.75, 3.05) is 4.90 Å². The highest BCUT2D eigenvalue weighted by atomic mass is 15.1. The Morgan fingerprint density at radius 1 is 0.426 bits per heavy atom. The van der Waals surface area contributed by atoms with Crippen molar-refractivity contribution in [3.05, 3.63) is 181 Å². The van der Waals surface area contributed by atoms with Gasteiger partial charge >= 0.3 is 0 Å². The Bertz CT molecular complexity index is 2320. The molecule has 1 aromatic heterocycles. The minimum atomic E-state index is -0.0870. The van der Waals surface area contributed by atoms with E-state index in [0.717, 1.165) is 17.1 Å². The average molecular weight is 603 g/mol. The van der Waals surface area contributed by atoms with Crippen LogP contribution in [0.3, 0.4) is 0 Å². The summed E-state index contributed by atoms with van der Waals surface area (Å²) in [5, 5.41) is 2.55. The Morgan fingerprint density at radius 2 is 0.936 bits per heavy atom. The topological polar surface area (TPSA) is 8.17 Å². The van der Waals surface area contributed by atoms with Gasteiger partial charge in [-0.05, 0) is 81.9 Å².